The Balaban J connectivity index is 1.84. The fourth-order valence-corrected chi connectivity index (χ4v) is 2.39. The van der Waals surface area contributed by atoms with Gasteiger partial charge < -0.3 is 9.64 Å². The third-order valence-electron chi connectivity index (χ3n) is 3.94. The summed E-state index contributed by atoms with van der Waals surface area (Å²) in [6.45, 7) is 2.49. The van der Waals surface area contributed by atoms with Crippen LogP contribution in [0.4, 0.5) is 0 Å². The molecule has 0 saturated heterocycles. The number of carbonyl (C=O) groups is 2. The van der Waals surface area contributed by atoms with Gasteiger partial charge in [0, 0.05) is 32.0 Å². The van der Waals surface area contributed by atoms with Crippen LogP contribution in [0.2, 0.25) is 0 Å². The van der Waals surface area contributed by atoms with Crippen molar-refractivity contribution < 1.29 is 14.3 Å². The summed E-state index contributed by atoms with van der Waals surface area (Å²) in [7, 11) is 3.37. The molecule has 126 valence electrons. The first-order valence-corrected chi connectivity index (χ1v) is 7.96. The number of rotatable bonds is 7. The molecule has 2 aromatic carbocycles. The zero-order valence-corrected chi connectivity index (χ0v) is 14.4. The number of benzene rings is 2. The highest BCUT2D eigenvalue weighted by atomic mass is 16.5. The zero-order chi connectivity index (χ0) is 17.5. The minimum absolute atomic E-state index is 0.00111. The highest BCUT2D eigenvalue weighted by Crippen LogP contribution is 2.14. The van der Waals surface area contributed by atoms with E-state index in [1.165, 1.54) is 0 Å². The smallest absolute Gasteiger partial charge is 0.223 e. The van der Waals surface area contributed by atoms with Crippen LogP contribution >= 0.6 is 0 Å². The summed E-state index contributed by atoms with van der Waals surface area (Å²) in [6, 6.07) is 15.0. The SMILES string of the molecule is COc1ccc(CN(C)C(=O)CCC(=O)c2ccc(C)cc2)cc1. The van der Waals surface area contributed by atoms with Gasteiger partial charge in [0.25, 0.3) is 0 Å². The number of nitrogens with zero attached hydrogens (tertiary/aromatic N) is 1. The quantitative estimate of drug-likeness (QED) is 0.730. The van der Waals surface area contributed by atoms with Gasteiger partial charge in [0.15, 0.2) is 5.78 Å². The molecule has 0 atom stereocenters. The van der Waals surface area contributed by atoms with Crippen LogP contribution in [0, 0.1) is 6.92 Å². The van der Waals surface area contributed by atoms with E-state index in [0.717, 1.165) is 16.9 Å². The van der Waals surface area contributed by atoms with Crippen LogP contribution in [0.15, 0.2) is 48.5 Å². The molecule has 4 nitrogen and oxygen atoms in total. The molecule has 0 fully saturated rings. The second kappa shape index (κ2) is 8.29. The van der Waals surface area contributed by atoms with Crippen molar-refractivity contribution in [3.05, 3.63) is 65.2 Å². The third kappa shape index (κ3) is 4.95. The van der Waals surface area contributed by atoms with E-state index >= 15 is 0 Å². The Bertz CT molecular complexity index is 690. The van der Waals surface area contributed by atoms with E-state index in [4.69, 9.17) is 4.74 Å². The Kier molecular flexibility index (Phi) is 6.13. The van der Waals surface area contributed by atoms with Gasteiger partial charge in [-0.25, -0.2) is 0 Å². The van der Waals surface area contributed by atoms with E-state index in [1.54, 1.807) is 19.1 Å². The maximum absolute atomic E-state index is 12.2. The Morgan fingerprint density at radius 2 is 1.58 bits per heavy atom. The number of ether oxygens (including phenoxy) is 1. The summed E-state index contributed by atoms with van der Waals surface area (Å²) in [6.07, 6.45) is 0.453. The van der Waals surface area contributed by atoms with Gasteiger partial charge >= 0.3 is 0 Å². The second-order valence-electron chi connectivity index (χ2n) is 5.89. The molecule has 24 heavy (non-hydrogen) atoms. The van der Waals surface area contributed by atoms with Crippen molar-refractivity contribution in [3.63, 3.8) is 0 Å². The molecule has 0 N–H and O–H groups in total. The van der Waals surface area contributed by atoms with Gasteiger partial charge in [-0.3, -0.25) is 9.59 Å². The minimum Gasteiger partial charge on any atom is -0.497 e. The van der Waals surface area contributed by atoms with E-state index in [0.29, 0.717) is 12.1 Å². The molecule has 0 aliphatic heterocycles. The predicted octanol–water partition coefficient (Wildman–Crippen LogP) is 3.63. The average molecular weight is 325 g/mol. The number of carbonyl (C=O) groups excluding carboxylic acids is 2. The molecule has 0 aliphatic rings. The van der Waals surface area contributed by atoms with Crippen molar-refractivity contribution >= 4 is 11.7 Å². The molecule has 0 aromatic heterocycles. The topological polar surface area (TPSA) is 46.6 Å². The van der Waals surface area contributed by atoms with Crippen molar-refractivity contribution in [1.82, 2.24) is 4.90 Å². The summed E-state index contributed by atoms with van der Waals surface area (Å²) in [5.41, 5.74) is 2.80. The first-order valence-electron chi connectivity index (χ1n) is 7.96. The van der Waals surface area contributed by atoms with Crippen molar-refractivity contribution in [1.29, 1.82) is 0 Å². The molecular weight excluding hydrogens is 302 g/mol. The van der Waals surface area contributed by atoms with Crippen LogP contribution in [-0.4, -0.2) is 30.7 Å². The average Bonchev–Trinajstić information content (AvgIpc) is 2.60. The standard InChI is InChI=1S/C20H23NO3/c1-15-4-8-17(9-5-15)19(22)12-13-20(23)21(2)14-16-6-10-18(24-3)11-7-16/h4-11H,12-14H2,1-3H3. The number of hydrogen-bond acceptors (Lipinski definition) is 3. The van der Waals surface area contributed by atoms with Crippen LogP contribution in [0.1, 0.15) is 34.3 Å². The van der Waals surface area contributed by atoms with Crippen LogP contribution in [0.25, 0.3) is 0 Å². The first-order chi connectivity index (χ1) is 11.5. The van der Waals surface area contributed by atoms with E-state index in [-0.39, 0.29) is 24.5 Å². The van der Waals surface area contributed by atoms with Gasteiger partial charge in [-0.1, -0.05) is 42.0 Å². The maximum Gasteiger partial charge on any atom is 0.223 e. The van der Waals surface area contributed by atoms with Crippen LogP contribution in [0.3, 0.4) is 0 Å². The third-order valence-corrected chi connectivity index (χ3v) is 3.94. The van der Waals surface area contributed by atoms with Gasteiger partial charge in [-0.05, 0) is 24.6 Å². The lowest BCUT2D eigenvalue weighted by Gasteiger charge is -2.17. The zero-order valence-electron chi connectivity index (χ0n) is 14.4. The number of hydrogen-bond donors (Lipinski definition) is 0. The van der Waals surface area contributed by atoms with Gasteiger partial charge in [-0.2, -0.15) is 0 Å². The molecule has 2 aromatic rings. The number of amides is 1. The summed E-state index contributed by atoms with van der Waals surface area (Å²) >= 11 is 0. The predicted molar refractivity (Wildman–Crippen MR) is 94.2 cm³/mol. The Morgan fingerprint density at radius 1 is 0.958 bits per heavy atom. The maximum atomic E-state index is 12.2. The summed E-state index contributed by atoms with van der Waals surface area (Å²) in [5, 5.41) is 0. The Hall–Kier alpha value is -2.62. The van der Waals surface area contributed by atoms with Gasteiger partial charge in [-0.15, -0.1) is 0 Å². The summed E-state index contributed by atoms with van der Waals surface area (Å²) < 4.78 is 5.12. The minimum atomic E-state index is -0.0359. The molecule has 0 aliphatic carbocycles. The second-order valence-corrected chi connectivity index (χ2v) is 5.89. The highest BCUT2D eigenvalue weighted by Gasteiger charge is 2.13. The summed E-state index contributed by atoms with van der Waals surface area (Å²) in [5.74, 6) is 0.754. The number of aryl methyl sites for hydroxylation is 1. The fraction of sp³-hybridized carbons (Fsp3) is 0.300. The van der Waals surface area contributed by atoms with Crippen LogP contribution in [0.5, 0.6) is 5.75 Å². The van der Waals surface area contributed by atoms with Crippen molar-refractivity contribution in [2.24, 2.45) is 0 Å². The number of Topliss-reactive ketones (excluding diaryl/α,β-unsaturated/α-hetero) is 1. The number of methoxy groups -OCH3 is 1. The Morgan fingerprint density at radius 3 is 2.17 bits per heavy atom. The Labute approximate surface area is 143 Å². The molecule has 0 unspecified atom stereocenters. The van der Waals surface area contributed by atoms with Crippen LogP contribution in [-0.2, 0) is 11.3 Å². The first kappa shape index (κ1) is 17.7. The van der Waals surface area contributed by atoms with Crippen molar-refractivity contribution in [3.8, 4) is 5.75 Å². The number of ketones is 1. The summed E-state index contributed by atoms with van der Waals surface area (Å²) in [4.78, 5) is 26.0. The fourth-order valence-electron chi connectivity index (χ4n) is 2.39. The molecule has 0 spiro atoms. The molecule has 0 bridgehead atoms. The normalized spacial score (nSPS) is 10.3. The molecule has 1 amide bonds. The van der Waals surface area contributed by atoms with E-state index in [9.17, 15) is 9.59 Å². The van der Waals surface area contributed by atoms with Gasteiger partial charge in [0.05, 0.1) is 7.11 Å². The largest absolute Gasteiger partial charge is 0.497 e. The lowest BCUT2D eigenvalue weighted by atomic mass is 10.0. The van der Waals surface area contributed by atoms with Crippen molar-refractivity contribution in [2.45, 2.75) is 26.3 Å². The van der Waals surface area contributed by atoms with E-state index < -0.39 is 0 Å². The lowest BCUT2D eigenvalue weighted by Crippen LogP contribution is -2.26. The molecule has 4 heteroatoms. The highest BCUT2D eigenvalue weighted by molar-refractivity contribution is 5.97. The van der Waals surface area contributed by atoms with E-state index in [2.05, 4.69) is 0 Å². The molecule has 0 radical (unpaired) electrons. The van der Waals surface area contributed by atoms with Gasteiger partial charge in [0.1, 0.15) is 5.75 Å². The van der Waals surface area contributed by atoms with Crippen molar-refractivity contribution in [2.75, 3.05) is 14.2 Å². The van der Waals surface area contributed by atoms with Gasteiger partial charge in [0.2, 0.25) is 5.91 Å². The molecular formula is C20H23NO3. The molecule has 0 heterocycles. The lowest BCUT2D eigenvalue weighted by molar-refractivity contribution is -0.130. The monoisotopic (exact) mass is 325 g/mol. The van der Waals surface area contributed by atoms with E-state index in [1.807, 2.05) is 55.5 Å². The molecule has 2 rings (SSSR count). The molecule has 0 saturated carbocycles. The van der Waals surface area contributed by atoms with Crippen LogP contribution < -0.4 is 4.74 Å².